The number of aryl methyl sites for hydroxylation is 1. The molecule has 1 heterocycles. The van der Waals surface area contributed by atoms with Crippen LogP contribution in [0.1, 0.15) is 18.9 Å². The molecular weight excluding hydrogens is 240 g/mol. The second-order valence-corrected chi connectivity index (χ2v) is 4.66. The van der Waals surface area contributed by atoms with Crippen LogP contribution in [0.5, 0.6) is 5.75 Å². The lowest BCUT2D eigenvalue weighted by Gasteiger charge is -2.08. The van der Waals surface area contributed by atoms with Gasteiger partial charge in [-0.05, 0) is 23.4 Å². The summed E-state index contributed by atoms with van der Waals surface area (Å²) in [5, 5.41) is 12.3. The molecule has 0 spiro atoms. The monoisotopic (exact) mass is 254 g/mol. The third-order valence-electron chi connectivity index (χ3n) is 3.35. The van der Waals surface area contributed by atoms with Gasteiger partial charge in [-0.2, -0.15) is 0 Å². The van der Waals surface area contributed by atoms with Crippen LogP contribution in [-0.2, 0) is 6.42 Å². The number of hydrogen-bond acceptors (Lipinski definition) is 3. The topological polar surface area (TPSA) is 50.4 Å². The van der Waals surface area contributed by atoms with Crippen LogP contribution in [0.2, 0.25) is 0 Å². The van der Waals surface area contributed by atoms with Crippen LogP contribution in [0.15, 0.2) is 45.6 Å². The molecule has 0 unspecified atom stereocenters. The second-order valence-electron chi connectivity index (χ2n) is 4.66. The predicted octanol–water partition coefficient (Wildman–Crippen LogP) is 3.60. The largest absolute Gasteiger partial charge is 0.507 e. The SMILES string of the molecule is CCCc1cccc2c1ccc1c(O)cc(=O)oc12. The predicted molar refractivity (Wildman–Crippen MR) is 75.6 cm³/mol. The van der Waals surface area contributed by atoms with E-state index in [9.17, 15) is 9.90 Å². The van der Waals surface area contributed by atoms with E-state index in [2.05, 4.69) is 13.0 Å². The van der Waals surface area contributed by atoms with Crippen molar-refractivity contribution in [1.29, 1.82) is 0 Å². The first-order chi connectivity index (χ1) is 9.20. The van der Waals surface area contributed by atoms with E-state index in [1.165, 1.54) is 5.56 Å². The first-order valence-electron chi connectivity index (χ1n) is 6.38. The molecule has 0 amide bonds. The van der Waals surface area contributed by atoms with Crippen LogP contribution in [0.4, 0.5) is 0 Å². The molecule has 3 heteroatoms. The van der Waals surface area contributed by atoms with Crippen LogP contribution in [0.25, 0.3) is 21.7 Å². The summed E-state index contributed by atoms with van der Waals surface area (Å²) in [5.74, 6) is -0.0333. The fraction of sp³-hybridized carbons (Fsp3) is 0.188. The molecule has 0 aliphatic carbocycles. The van der Waals surface area contributed by atoms with Crippen LogP contribution >= 0.6 is 0 Å². The zero-order valence-electron chi connectivity index (χ0n) is 10.6. The summed E-state index contributed by atoms with van der Waals surface area (Å²) in [4.78, 5) is 11.4. The van der Waals surface area contributed by atoms with Gasteiger partial charge in [-0.3, -0.25) is 0 Å². The maximum absolute atomic E-state index is 11.4. The van der Waals surface area contributed by atoms with Crippen LogP contribution < -0.4 is 5.63 Å². The Labute approximate surface area is 110 Å². The summed E-state index contributed by atoms with van der Waals surface area (Å²) in [6, 6.07) is 10.8. The van der Waals surface area contributed by atoms with Gasteiger partial charge in [0.15, 0.2) is 0 Å². The lowest BCUT2D eigenvalue weighted by Crippen LogP contribution is -1.96. The van der Waals surface area contributed by atoms with Crippen LogP contribution in [0, 0.1) is 0 Å². The van der Waals surface area contributed by atoms with E-state index in [0.717, 1.165) is 29.7 Å². The Morgan fingerprint density at radius 3 is 2.68 bits per heavy atom. The Morgan fingerprint density at radius 2 is 1.89 bits per heavy atom. The Kier molecular flexibility index (Phi) is 2.75. The Morgan fingerprint density at radius 1 is 1.11 bits per heavy atom. The highest BCUT2D eigenvalue weighted by atomic mass is 16.4. The van der Waals surface area contributed by atoms with Crippen LogP contribution in [-0.4, -0.2) is 5.11 Å². The molecule has 0 aliphatic rings. The number of hydrogen-bond donors (Lipinski definition) is 1. The fourth-order valence-electron chi connectivity index (χ4n) is 2.51. The van der Waals surface area contributed by atoms with Gasteiger partial charge in [0.25, 0.3) is 0 Å². The average Bonchev–Trinajstić information content (AvgIpc) is 2.39. The molecule has 0 atom stereocenters. The van der Waals surface area contributed by atoms with Gasteiger partial charge in [0.2, 0.25) is 0 Å². The van der Waals surface area contributed by atoms with Gasteiger partial charge in [0.1, 0.15) is 11.3 Å². The molecule has 0 fully saturated rings. The standard InChI is InChI=1S/C16H14O3/c1-2-4-10-5-3-6-12-11(10)7-8-13-14(17)9-15(18)19-16(12)13/h3,5-9,17H,2,4H2,1H3. The summed E-state index contributed by atoms with van der Waals surface area (Å²) in [5.41, 5.74) is 1.16. The Hall–Kier alpha value is -2.29. The van der Waals surface area contributed by atoms with Crippen molar-refractivity contribution in [2.45, 2.75) is 19.8 Å². The summed E-state index contributed by atoms with van der Waals surface area (Å²) in [6.07, 6.45) is 2.03. The molecule has 0 saturated heterocycles. The van der Waals surface area contributed by atoms with Crippen molar-refractivity contribution >= 4 is 21.7 Å². The highest BCUT2D eigenvalue weighted by Gasteiger charge is 2.10. The molecule has 0 saturated carbocycles. The van der Waals surface area contributed by atoms with Crippen molar-refractivity contribution in [2.75, 3.05) is 0 Å². The van der Waals surface area contributed by atoms with E-state index in [1.807, 2.05) is 18.2 Å². The number of benzene rings is 2. The number of fused-ring (bicyclic) bond motifs is 3. The quantitative estimate of drug-likeness (QED) is 0.561. The summed E-state index contributed by atoms with van der Waals surface area (Å²) in [6.45, 7) is 2.13. The minimum atomic E-state index is -0.529. The summed E-state index contributed by atoms with van der Waals surface area (Å²) in [7, 11) is 0. The van der Waals surface area contributed by atoms with Gasteiger partial charge in [-0.25, -0.2) is 4.79 Å². The minimum absolute atomic E-state index is 0.0333. The van der Waals surface area contributed by atoms with Gasteiger partial charge in [-0.1, -0.05) is 37.6 Å². The molecule has 19 heavy (non-hydrogen) atoms. The molecule has 96 valence electrons. The molecule has 0 bridgehead atoms. The van der Waals surface area contributed by atoms with E-state index in [4.69, 9.17) is 4.42 Å². The smallest absolute Gasteiger partial charge is 0.339 e. The lowest BCUT2D eigenvalue weighted by molar-refractivity contribution is 0.468. The molecule has 3 rings (SSSR count). The van der Waals surface area contributed by atoms with Crippen molar-refractivity contribution in [3.8, 4) is 5.75 Å². The number of aromatic hydroxyl groups is 1. The summed E-state index contributed by atoms with van der Waals surface area (Å²) >= 11 is 0. The van der Waals surface area contributed by atoms with Gasteiger partial charge in [0, 0.05) is 5.39 Å². The normalized spacial score (nSPS) is 11.2. The Balaban J connectivity index is 2.47. The van der Waals surface area contributed by atoms with E-state index >= 15 is 0 Å². The van der Waals surface area contributed by atoms with Crippen molar-refractivity contribution in [2.24, 2.45) is 0 Å². The zero-order valence-corrected chi connectivity index (χ0v) is 10.6. The van der Waals surface area contributed by atoms with Crippen molar-refractivity contribution in [1.82, 2.24) is 0 Å². The van der Waals surface area contributed by atoms with Gasteiger partial charge in [-0.15, -0.1) is 0 Å². The molecule has 0 radical (unpaired) electrons. The zero-order chi connectivity index (χ0) is 13.4. The molecule has 2 aromatic carbocycles. The van der Waals surface area contributed by atoms with E-state index in [1.54, 1.807) is 6.07 Å². The third kappa shape index (κ3) is 1.87. The highest BCUT2D eigenvalue weighted by molar-refractivity contribution is 6.06. The molecule has 3 nitrogen and oxygen atoms in total. The van der Waals surface area contributed by atoms with Gasteiger partial charge in [0.05, 0.1) is 11.5 Å². The van der Waals surface area contributed by atoms with E-state index < -0.39 is 5.63 Å². The molecule has 1 N–H and O–H groups in total. The first kappa shape index (κ1) is 11.8. The molecule has 0 aliphatic heterocycles. The Bertz CT molecular complexity index is 815. The first-order valence-corrected chi connectivity index (χ1v) is 6.38. The highest BCUT2D eigenvalue weighted by Crippen LogP contribution is 2.31. The summed E-state index contributed by atoms with van der Waals surface area (Å²) < 4.78 is 5.27. The van der Waals surface area contributed by atoms with E-state index in [0.29, 0.717) is 11.0 Å². The minimum Gasteiger partial charge on any atom is -0.507 e. The third-order valence-corrected chi connectivity index (χ3v) is 3.35. The fourth-order valence-corrected chi connectivity index (χ4v) is 2.51. The van der Waals surface area contributed by atoms with E-state index in [-0.39, 0.29) is 5.75 Å². The van der Waals surface area contributed by atoms with Crippen LogP contribution in [0.3, 0.4) is 0 Å². The van der Waals surface area contributed by atoms with Gasteiger partial charge < -0.3 is 9.52 Å². The average molecular weight is 254 g/mol. The maximum atomic E-state index is 11.4. The molecular formula is C16H14O3. The van der Waals surface area contributed by atoms with Crippen molar-refractivity contribution < 1.29 is 9.52 Å². The van der Waals surface area contributed by atoms with Crippen molar-refractivity contribution in [3.05, 3.63) is 52.4 Å². The van der Waals surface area contributed by atoms with Gasteiger partial charge >= 0.3 is 5.63 Å². The molecule has 1 aromatic heterocycles. The second kappa shape index (κ2) is 4.43. The van der Waals surface area contributed by atoms with Crippen molar-refractivity contribution in [3.63, 3.8) is 0 Å². The maximum Gasteiger partial charge on any atom is 0.339 e. The number of rotatable bonds is 2. The lowest BCUT2D eigenvalue weighted by atomic mass is 9.99. The molecule has 3 aromatic rings.